The smallest absolute Gasteiger partial charge is 0.0857 e. The number of allylic oxidation sites excluding steroid dienone is 2. The Bertz CT molecular complexity index is 537. The van der Waals surface area contributed by atoms with E-state index in [0.29, 0.717) is 0 Å². The Morgan fingerprint density at radius 1 is 0.650 bits per heavy atom. The Hall–Kier alpha value is -2.48. The van der Waals surface area contributed by atoms with Gasteiger partial charge in [-0.3, -0.25) is 0 Å². The lowest BCUT2D eigenvalue weighted by Gasteiger charge is -1.98. The van der Waals surface area contributed by atoms with Crippen molar-refractivity contribution in [1.29, 1.82) is 0 Å². The summed E-state index contributed by atoms with van der Waals surface area (Å²) >= 11 is 0. The summed E-state index contributed by atoms with van der Waals surface area (Å²) in [4.78, 5) is 0. The van der Waals surface area contributed by atoms with Gasteiger partial charge in [0.15, 0.2) is 0 Å². The SMILES string of the molecule is C=CCc1ccc(/N=N/c2ccc(CC=C)cc2)cc1. The van der Waals surface area contributed by atoms with Crippen LogP contribution < -0.4 is 0 Å². The second-order valence-corrected chi connectivity index (χ2v) is 4.52. The molecule has 0 unspecified atom stereocenters. The molecule has 0 N–H and O–H groups in total. The Morgan fingerprint density at radius 3 is 1.30 bits per heavy atom. The van der Waals surface area contributed by atoms with E-state index in [4.69, 9.17) is 0 Å². The molecule has 2 aromatic carbocycles. The van der Waals surface area contributed by atoms with Crippen LogP contribution in [0.2, 0.25) is 0 Å². The summed E-state index contributed by atoms with van der Waals surface area (Å²) in [5, 5.41) is 8.46. The van der Waals surface area contributed by atoms with Gasteiger partial charge >= 0.3 is 0 Å². The highest BCUT2D eigenvalue weighted by Crippen LogP contribution is 2.19. The monoisotopic (exact) mass is 262 g/mol. The number of azo groups is 1. The molecule has 0 radical (unpaired) electrons. The molecule has 0 aromatic heterocycles. The highest BCUT2D eigenvalue weighted by atomic mass is 15.1. The summed E-state index contributed by atoms with van der Waals surface area (Å²) in [7, 11) is 0. The lowest BCUT2D eigenvalue weighted by Crippen LogP contribution is -1.78. The van der Waals surface area contributed by atoms with E-state index in [0.717, 1.165) is 24.2 Å². The zero-order chi connectivity index (χ0) is 14.2. The number of hydrogen-bond acceptors (Lipinski definition) is 2. The molecular formula is C18H18N2. The molecule has 0 aliphatic rings. The van der Waals surface area contributed by atoms with Gasteiger partial charge in [0.1, 0.15) is 0 Å². The van der Waals surface area contributed by atoms with E-state index < -0.39 is 0 Å². The molecule has 0 spiro atoms. The maximum atomic E-state index is 4.23. The summed E-state index contributed by atoms with van der Waals surface area (Å²) in [5.41, 5.74) is 4.17. The van der Waals surface area contributed by atoms with E-state index in [-0.39, 0.29) is 0 Å². The minimum atomic E-state index is 0.855. The van der Waals surface area contributed by atoms with Crippen molar-refractivity contribution in [2.45, 2.75) is 12.8 Å². The number of nitrogens with zero attached hydrogens (tertiary/aromatic N) is 2. The van der Waals surface area contributed by atoms with Crippen LogP contribution in [0.25, 0.3) is 0 Å². The van der Waals surface area contributed by atoms with Gasteiger partial charge in [-0.2, -0.15) is 10.2 Å². The molecule has 0 fully saturated rings. The normalized spacial score (nSPS) is 10.6. The Kier molecular flexibility index (Phi) is 5.01. The van der Waals surface area contributed by atoms with Gasteiger partial charge in [-0.15, -0.1) is 13.2 Å². The Morgan fingerprint density at radius 2 is 1.00 bits per heavy atom. The van der Waals surface area contributed by atoms with Crippen LogP contribution in [0.3, 0.4) is 0 Å². The van der Waals surface area contributed by atoms with Crippen LogP contribution in [-0.4, -0.2) is 0 Å². The van der Waals surface area contributed by atoms with Crippen LogP contribution in [0.5, 0.6) is 0 Å². The lowest BCUT2D eigenvalue weighted by molar-refractivity contribution is 1.20. The molecule has 0 saturated heterocycles. The van der Waals surface area contributed by atoms with Crippen molar-refractivity contribution in [1.82, 2.24) is 0 Å². The summed E-state index contributed by atoms with van der Waals surface area (Å²) in [6.07, 6.45) is 5.53. The van der Waals surface area contributed by atoms with Crippen LogP contribution in [0, 0.1) is 0 Å². The van der Waals surface area contributed by atoms with E-state index in [1.165, 1.54) is 11.1 Å². The fourth-order valence-electron chi connectivity index (χ4n) is 1.85. The zero-order valence-corrected chi connectivity index (χ0v) is 11.5. The van der Waals surface area contributed by atoms with Gasteiger partial charge < -0.3 is 0 Å². The van der Waals surface area contributed by atoms with Crippen molar-refractivity contribution in [3.05, 3.63) is 85.0 Å². The zero-order valence-electron chi connectivity index (χ0n) is 11.5. The summed E-state index contributed by atoms with van der Waals surface area (Å²) in [5.74, 6) is 0. The van der Waals surface area contributed by atoms with Crippen LogP contribution in [0.15, 0.2) is 84.1 Å². The van der Waals surface area contributed by atoms with Gasteiger partial charge in [0.2, 0.25) is 0 Å². The molecule has 0 heterocycles. The van der Waals surface area contributed by atoms with E-state index in [1.54, 1.807) is 0 Å². The van der Waals surface area contributed by atoms with Crippen molar-refractivity contribution in [3.8, 4) is 0 Å². The molecule has 0 aliphatic carbocycles. The average molecular weight is 262 g/mol. The molecule has 2 heteroatoms. The van der Waals surface area contributed by atoms with Crippen molar-refractivity contribution < 1.29 is 0 Å². The molecule has 0 amide bonds. The molecule has 2 rings (SSSR count). The maximum absolute atomic E-state index is 4.23. The molecule has 0 atom stereocenters. The standard InChI is InChI=1S/C18H18N2/c1-3-5-15-7-11-17(12-8-15)19-20-18-13-9-16(6-4-2)10-14-18/h3-4,7-14H,1-2,5-6H2/b20-19+. The van der Waals surface area contributed by atoms with Gasteiger partial charge in [0.05, 0.1) is 11.4 Å². The quantitative estimate of drug-likeness (QED) is 0.481. The summed E-state index contributed by atoms with van der Waals surface area (Å²) in [6, 6.07) is 16.0. The first-order chi connectivity index (χ1) is 9.81. The van der Waals surface area contributed by atoms with Crippen molar-refractivity contribution in [3.63, 3.8) is 0 Å². The van der Waals surface area contributed by atoms with Crippen LogP contribution >= 0.6 is 0 Å². The molecule has 2 nitrogen and oxygen atoms in total. The number of rotatable bonds is 6. The number of hydrogen-bond donors (Lipinski definition) is 0. The van der Waals surface area contributed by atoms with Crippen LogP contribution in [-0.2, 0) is 12.8 Å². The minimum absolute atomic E-state index is 0.855. The van der Waals surface area contributed by atoms with E-state index in [2.05, 4.69) is 23.4 Å². The highest BCUT2D eigenvalue weighted by molar-refractivity contribution is 5.42. The van der Waals surface area contributed by atoms with Gasteiger partial charge in [0.25, 0.3) is 0 Å². The van der Waals surface area contributed by atoms with Gasteiger partial charge in [-0.25, -0.2) is 0 Å². The van der Waals surface area contributed by atoms with Crippen molar-refractivity contribution in [2.75, 3.05) is 0 Å². The minimum Gasteiger partial charge on any atom is -0.151 e. The Labute approximate surface area is 120 Å². The molecule has 2 aromatic rings. The average Bonchev–Trinajstić information content (AvgIpc) is 2.49. The molecule has 0 aliphatic heterocycles. The summed E-state index contributed by atoms with van der Waals surface area (Å²) < 4.78 is 0. The third-order valence-corrected chi connectivity index (χ3v) is 2.91. The number of benzene rings is 2. The molecule has 0 bridgehead atoms. The maximum Gasteiger partial charge on any atom is 0.0857 e. The predicted octanol–water partition coefficient (Wildman–Crippen LogP) is 5.56. The first-order valence-corrected chi connectivity index (χ1v) is 6.63. The second kappa shape index (κ2) is 7.19. The first kappa shape index (κ1) is 13.9. The molecule has 20 heavy (non-hydrogen) atoms. The first-order valence-electron chi connectivity index (χ1n) is 6.63. The fraction of sp³-hybridized carbons (Fsp3) is 0.111. The molecule has 0 saturated carbocycles. The highest BCUT2D eigenvalue weighted by Gasteiger charge is 1.94. The van der Waals surface area contributed by atoms with E-state index in [9.17, 15) is 0 Å². The summed E-state index contributed by atoms with van der Waals surface area (Å²) in [6.45, 7) is 7.45. The van der Waals surface area contributed by atoms with Gasteiger partial charge in [-0.1, -0.05) is 36.4 Å². The van der Waals surface area contributed by atoms with Crippen LogP contribution in [0.4, 0.5) is 11.4 Å². The third kappa shape index (κ3) is 4.02. The van der Waals surface area contributed by atoms with E-state index >= 15 is 0 Å². The Balaban J connectivity index is 2.04. The largest absolute Gasteiger partial charge is 0.151 e. The van der Waals surface area contributed by atoms with Crippen molar-refractivity contribution >= 4 is 11.4 Å². The van der Waals surface area contributed by atoms with Gasteiger partial charge in [-0.05, 0) is 48.2 Å². The molecule has 100 valence electrons. The van der Waals surface area contributed by atoms with E-state index in [1.807, 2.05) is 60.7 Å². The predicted molar refractivity (Wildman–Crippen MR) is 84.9 cm³/mol. The molecular weight excluding hydrogens is 244 g/mol. The third-order valence-electron chi connectivity index (χ3n) is 2.91. The van der Waals surface area contributed by atoms with Crippen LogP contribution in [0.1, 0.15) is 11.1 Å². The fourth-order valence-corrected chi connectivity index (χ4v) is 1.85. The lowest BCUT2D eigenvalue weighted by atomic mass is 10.1. The second-order valence-electron chi connectivity index (χ2n) is 4.52. The topological polar surface area (TPSA) is 24.7 Å². The van der Waals surface area contributed by atoms with Gasteiger partial charge in [0, 0.05) is 0 Å². The van der Waals surface area contributed by atoms with Crippen molar-refractivity contribution in [2.24, 2.45) is 10.2 Å².